The van der Waals surface area contributed by atoms with Gasteiger partial charge in [0.15, 0.2) is 5.96 Å². The molecule has 0 aliphatic rings. The molecular weight excluding hydrogens is 411 g/mol. The Labute approximate surface area is 151 Å². The Bertz CT molecular complexity index is 644. The van der Waals surface area contributed by atoms with Crippen molar-refractivity contribution in [3.05, 3.63) is 64.1 Å². The van der Waals surface area contributed by atoms with E-state index in [0.29, 0.717) is 19.0 Å². The van der Waals surface area contributed by atoms with Gasteiger partial charge in [0.2, 0.25) is 0 Å². The fraction of sp³-hybridized carbons (Fsp3) is 0.267. The highest BCUT2D eigenvalue weighted by atomic mass is 127. The van der Waals surface area contributed by atoms with Crippen molar-refractivity contribution < 1.29 is 9.34 Å². The number of guanidine groups is 1. The summed E-state index contributed by atoms with van der Waals surface area (Å²) in [6.45, 7) is 3.57. The zero-order chi connectivity index (χ0) is 15.8. The van der Waals surface area contributed by atoms with E-state index in [1.54, 1.807) is 12.3 Å². The third kappa shape index (κ3) is 6.27. The lowest BCUT2D eigenvalue weighted by Gasteiger charge is -2.10. The standard InChI is InChI=1S/C15H18N4O3.HI/c1-2-16-15(18-11-14-7-4-8-22-14)17-10-12-5-3-6-13(9-12)19(20)21;/h3-9H,2,10-11H2,1H3,(H2,16,17,18);1H. The van der Waals surface area contributed by atoms with Crippen LogP contribution in [0.25, 0.3) is 0 Å². The first kappa shape index (κ1) is 18.9. The Kier molecular flexibility index (Phi) is 8.09. The van der Waals surface area contributed by atoms with Gasteiger partial charge >= 0.3 is 0 Å². The topological polar surface area (TPSA) is 92.7 Å². The first-order valence-corrected chi connectivity index (χ1v) is 6.97. The SMILES string of the molecule is CCNC(=NCc1cccc([N+](=O)[O-])c1)NCc1ccco1.I. The van der Waals surface area contributed by atoms with Crippen molar-refractivity contribution >= 4 is 35.6 Å². The van der Waals surface area contributed by atoms with E-state index in [2.05, 4.69) is 15.6 Å². The largest absolute Gasteiger partial charge is 0.467 e. The molecule has 0 aliphatic carbocycles. The molecule has 23 heavy (non-hydrogen) atoms. The molecule has 1 aromatic heterocycles. The summed E-state index contributed by atoms with van der Waals surface area (Å²) in [6.07, 6.45) is 1.62. The summed E-state index contributed by atoms with van der Waals surface area (Å²) in [4.78, 5) is 14.8. The van der Waals surface area contributed by atoms with Gasteiger partial charge in [0.05, 0.1) is 24.3 Å². The number of furan rings is 1. The van der Waals surface area contributed by atoms with Crippen LogP contribution in [0.3, 0.4) is 0 Å². The molecular formula is C15H19IN4O3. The van der Waals surface area contributed by atoms with Crippen LogP contribution in [0.15, 0.2) is 52.1 Å². The second-order valence-electron chi connectivity index (χ2n) is 4.56. The highest BCUT2D eigenvalue weighted by molar-refractivity contribution is 14.0. The van der Waals surface area contributed by atoms with Crippen molar-refractivity contribution in [2.75, 3.05) is 6.54 Å². The van der Waals surface area contributed by atoms with Crippen LogP contribution in [0.1, 0.15) is 18.2 Å². The van der Waals surface area contributed by atoms with Gasteiger partial charge in [0, 0.05) is 18.7 Å². The molecule has 8 heteroatoms. The second-order valence-corrected chi connectivity index (χ2v) is 4.56. The van der Waals surface area contributed by atoms with E-state index in [9.17, 15) is 10.1 Å². The number of non-ortho nitro benzene ring substituents is 1. The number of nitrogens with zero attached hydrogens (tertiary/aromatic N) is 2. The van der Waals surface area contributed by atoms with Gasteiger partial charge in [-0.2, -0.15) is 0 Å². The lowest BCUT2D eigenvalue weighted by atomic mass is 10.2. The monoisotopic (exact) mass is 430 g/mol. The van der Waals surface area contributed by atoms with Crippen molar-refractivity contribution in [2.24, 2.45) is 4.99 Å². The number of benzene rings is 1. The highest BCUT2D eigenvalue weighted by Crippen LogP contribution is 2.13. The van der Waals surface area contributed by atoms with Gasteiger partial charge in [-0.1, -0.05) is 12.1 Å². The third-order valence-corrected chi connectivity index (χ3v) is 2.90. The Balaban J connectivity index is 0.00000264. The second kappa shape index (κ2) is 9.82. The molecule has 0 saturated carbocycles. The zero-order valence-corrected chi connectivity index (χ0v) is 15.0. The summed E-state index contributed by atoms with van der Waals surface area (Å²) in [6, 6.07) is 10.2. The molecule has 0 atom stereocenters. The molecule has 1 heterocycles. The number of aliphatic imine (C=N–C) groups is 1. The zero-order valence-electron chi connectivity index (χ0n) is 12.7. The van der Waals surface area contributed by atoms with E-state index >= 15 is 0 Å². The maximum atomic E-state index is 10.8. The Morgan fingerprint density at radius 3 is 2.78 bits per heavy atom. The fourth-order valence-electron chi connectivity index (χ4n) is 1.86. The molecule has 2 aromatic rings. The molecule has 0 saturated heterocycles. The average molecular weight is 430 g/mol. The molecule has 0 amide bonds. The number of rotatable bonds is 6. The quantitative estimate of drug-likeness (QED) is 0.242. The van der Waals surface area contributed by atoms with Gasteiger partial charge in [0.1, 0.15) is 5.76 Å². The van der Waals surface area contributed by atoms with Crippen LogP contribution in [0.5, 0.6) is 0 Å². The van der Waals surface area contributed by atoms with Crippen LogP contribution < -0.4 is 10.6 Å². The Morgan fingerprint density at radius 1 is 1.30 bits per heavy atom. The van der Waals surface area contributed by atoms with Crippen LogP contribution in [-0.2, 0) is 13.1 Å². The molecule has 0 bridgehead atoms. The van der Waals surface area contributed by atoms with E-state index in [-0.39, 0.29) is 29.7 Å². The normalized spacial score (nSPS) is 10.7. The predicted molar refractivity (Wildman–Crippen MR) is 98.9 cm³/mol. The number of hydrogen-bond acceptors (Lipinski definition) is 4. The van der Waals surface area contributed by atoms with Crippen LogP contribution in [0, 0.1) is 10.1 Å². The summed E-state index contributed by atoms with van der Waals surface area (Å²) < 4.78 is 5.25. The maximum Gasteiger partial charge on any atom is 0.269 e. The maximum absolute atomic E-state index is 10.8. The summed E-state index contributed by atoms with van der Waals surface area (Å²) >= 11 is 0. The minimum Gasteiger partial charge on any atom is -0.467 e. The predicted octanol–water partition coefficient (Wildman–Crippen LogP) is 3.06. The number of nitrogens with one attached hydrogen (secondary N) is 2. The Morgan fingerprint density at radius 2 is 2.13 bits per heavy atom. The van der Waals surface area contributed by atoms with Gasteiger partial charge < -0.3 is 15.1 Å². The number of hydrogen-bond donors (Lipinski definition) is 2. The van der Waals surface area contributed by atoms with E-state index in [1.165, 1.54) is 12.1 Å². The number of nitro groups is 1. The van der Waals surface area contributed by atoms with Crippen molar-refractivity contribution in [1.82, 2.24) is 10.6 Å². The number of nitro benzene ring substituents is 1. The van der Waals surface area contributed by atoms with E-state index in [1.807, 2.05) is 25.1 Å². The minimum atomic E-state index is -0.409. The average Bonchev–Trinajstić information content (AvgIpc) is 3.03. The van der Waals surface area contributed by atoms with Crippen molar-refractivity contribution in [3.8, 4) is 0 Å². The van der Waals surface area contributed by atoms with Gasteiger partial charge in [-0.05, 0) is 24.6 Å². The van der Waals surface area contributed by atoms with E-state index < -0.39 is 4.92 Å². The molecule has 0 radical (unpaired) electrons. The summed E-state index contributed by atoms with van der Waals surface area (Å²) in [7, 11) is 0. The first-order valence-electron chi connectivity index (χ1n) is 6.97. The molecule has 0 aliphatic heterocycles. The van der Waals surface area contributed by atoms with Gasteiger partial charge in [-0.3, -0.25) is 10.1 Å². The lowest BCUT2D eigenvalue weighted by molar-refractivity contribution is -0.384. The molecule has 124 valence electrons. The lowest BCUT2D eigenvalue weighted by Crippen LogP contribution is -2.36. The van der Waals surface area contributed by atoms with E-state index in [4.69, 9.17) is 4.42 Å². The smallest absolute Gasteiger partial charge is 0.269 e. The molecule has 1 aromatic carbocycles. The van der Waals surface area contributed by atoms with Crippen molar-refractivity contribution in [3.63, 3.8) is 0 Å². The molecule has 0 unspecified atom stereocenters. The molecule has 2 rings (SSSR count). The van der Waals surface area contributed by atoms with E-state index in [0.717, 1.165) is 17.9 Å². The molecule has 0 spiro atoms. The summed E-state index contributed by atoms with van der Waals surface area (Å²) in [5, 5.41) is 17.0. The van der Waals surface area contributed by atoms with Crippen LogP contribution in [-0.4, -0.2) is 17.4 Å². The van der Waals surface area contributed by atoms with Gasteiger partial charge in [-0.25, -0.2) is 4.99 Å². The third-order valence-electron chi connectivity index (χ3n) is 2.90. The fourth-order valence-corrected chi connectivity index (χ4v) is 1.86. The summed E-state index contributed by atoms with van der Waals surface area (Å²) in [5.74, 6) is 1.44. The first-order chi connectivity index (χ1) is 10.7. The van der Waals surface area contributed by atoms with Gasteiger partial charge in [0.25, 0.3) is 5.69 Å². The molecule has 2 N–H and O–H groups in total. The van der Waals surface area contributed by atoms with Gasteiger partial charge in [-0.15, -0.1) is 24.0 Å². The number of halogens is 1. The van der Waals surface area contributed by atoms with Crippen LogP contribution >= 0.6 is 24.0 Å². The Hall–Kier alpha value is -2.10. The van der Waals surface area contributed by atoms with Crippen molar-refractivity contribution in [1.29, 1.82) is 0 Å². The van der Waals surface area contributed by atoms with Crippen molar-refractivity contribution in [2.45, 2.75) is 20.0 Å². The molecule has 0 fully saturated rings. The highest BCUT2D eigenvalue weighted by Gasteiger charge is 2.05. The minimum absolute atomic E-state index is 0. The van der Waals surface area contributed by atoms with Crippen LogP contribution in [0.4, 0.5) is 5.69 Å². The molecule has 7 nitrogen and oxygen atoms in total. The van der Waals surface area contributed by atoms with Crippen LogP contribution in [0.2, 0.25) is 0 Å². The summed E-state index contributed by atoms with van der Waals surface area (Å²) in [5.41, 5.74) is 0.852.